The van der Waals surface area contributed by atoms with Gasteiger partial charge in [0.2, 0.25) is 0 Å². The summed E-state index contributed by atoms with van der Waals surface area (Å²) in [5.41, 5.74) is 6.22. The third-order valence-corrected chi connectivity index (χ3v) is 9.11. The Morgan fingerprint density at radius 1 is 0.939 bits per heavy atom. The molecule has 3 aliphatic rings. The molecule has 4 atom stereocenters. The number of carbonyl (C=O) groups excluding carboxylic acids is 2. The van der Waals surface area contributed by atoms with Crippen LogP contribution in [0.3, 0.4) is 0 Å². The zero-order valence-corrected chi connectivity index (χ0v) is 22.1. The van der Waals surface area contributed by atoms with Gasteiger partial charge in [0.05, 0.1) is 16.8 Å². The fourth-order valence-electron chi connectivity index (χ4n) is 5.84. The van der Waals surface area contributed by atoms with Crippen molar-refractivity contribution in [2.45, 2.75) is 139 Å². The molecule has 0 bridgehead atoms. The van der Waals surface area contributed by atoms with Gasteiger partial charge in [0.15, 0.2) is 0 Å². The third-order valence-electron chi connectivity index (χ3n) is 7.78. The summed E-state index contributed by atoms with van der Waals surface area (Å²) < 4.78 is 6.03. The fourth-order valence-corrected chi connectivity index (χ4v) is 7.08. The monoisotopic (exact) mass is 500 g/mol. The number of hydrogen-bond acceptors (Lipinski definition) is 6. The van der Waals surface area contributed by atoms with Gasteiger partial charge >= 0.3 is 5.30 Å². The summed E-state index contributed by atoms with van der Waals surface area (Å²) >= 11 is 7.49. The molecule has 190 valence electrons. The lowest BCUT2D eigenvalue weighted by atomic mass is 9.81. The number of halogens is 1. The number of carbonyl (C=O) groups is 2. The van der Waals surface area contributed by atoms with E-state index in [2.05, 4.69) is 17.8 Å². The number of ketones is 1. The van der Waals surface area contributed by atoms with Crippen molar-refractivity contribution in [3.05, 3.63) is 0 Å². The molecule has 0 aromatic carbocycles. The molecule has 2 saturated carbocycles. The Morgan fingerprint density at radius 2 is 1.61 bits per heavy atom. The molecule has 1 saturated heterocycles. The van der Waals surface area contributed by atoms with Gasteiger partial charge in [-0.05, 0) is 49.8 Å². The van der Waals surface area contributed by atoms with Gasteiger partial charge < -0.3 is 4.74 Å². The fraction of sp³-hybridized carbons (Fsp3) is 0.923. The van der Waals surface area contributed by atoms with Gasteiger partial charge in [-0.15, -0.1) is 11.6 Å². The number of Topliss-reactive ketones (excluding diaryl/α,β-unsaturated/α-hetero) is 1. The van der Waals surface area contributed by atoms with Gasteiger partial charge in [-0.1, -0.05) is 77.6 Å². The minimum absolute atomic E-state index is 0.0892. The summed E-state index contributed by atoms with van der Waals surface area (Å²) in [6.45, 7) is 2.21. The number of unbranched alkanes of at least 4 members (excludes halogenated alkanes) is 4. The molecular formula is C26H45ClN2O3S. The van der Waals surface area contributed by atoms with Crippen molar-refractivity contribution < 1.29 is 14.3 Å². The average molecular weight is 501 g/mol. The Labute approximate surface area is 210 Å². The van der Waals surface area contributed by atoms with Crippen molar-refractivity contribution >= 4 is 34.4 Å². The highest BCUT2D eigenvalue weighted by molar-refractivity contribution is 8.14. The van der Waals surface area contributed by atoms with Crippen LogP contribution in [0.25, 0.3) is 0 Å². The predicted molar refractivity (Wildman–Crippen MR) is 137 cm³/mol. The second-order valence-electron chi connectivity index (χ2n) is 10.4. The largest absolute Gasteiger partial charge is 0.452 e. The van der Waals surface area contributed by atoms with Gasteiger partial charge in [0, 0.05) is 12.3 Å². The molecule has 5 nitrogen and oxygen atoms in total. The van der Waals surface area contributed by atoms with Crippen LogP contribution in [0.1, 0.15) is 116 Å². The van der Waals surface area contributed by atoms with E-state index < -0.39 is 0 Å². The van der Waals surface area contributed by atoms with E-state index >= 15 is 0 Å². The maximum atomic E-state index is 13.3. The summed E-state index contributed by atoms with van der Waals surface area (Å²) in [6, 6.07) is 0.0892. The summed E-state index contributed by atoms with van der Waals surface area (Å²) in [6.07, 6.45) is 18.5. The Bertz CT molecular complexity index is 596. The summed E-state index contributed by atoms with van der Waals surface area (Å²) in [5, 5.41) is -0.562. The topological polar surface area (TPSA) is 67.4 Å². The number of rotatable bonds is 11. The molecule has 7 heteroatoms. The molecule has 0 spiro atoms. The van der Waals surface area contributed by atoms with Crippen LogP contribution in [0.15, 0.2) is 0 Å². The summed E-state index contributed by atoms with van der Waals surface area (Å²) in [7, 11) is 0. The maximum absolute atomic E-state index is 13.3. The van der Waals surface area contributed by atoms with Crippen molar-refractivity contribution in [3.63, 3.8) is 0 Å². The minimum atomic E-state index is -0.295. The molecular weight excluding hydrogens is 456 g/mol. The second kappa shape index (κ2) is 15.0. The standard InChI is InChI=1S/C26H45ClN2O3S/c1-2-3-4-5-12-17-22(25(30)20-15-10-7-11-16-20)33-26(31)32-21-18-23(27)28-29-24(21)19-13-8-6-9-14-19/h19-24,28-29H,2-18H2,1H3/t21?,22-,23?,24?/m0/s1. The second-order valence-corrected chi connectivity index (χ2v) is 12.0. The molecule has 0 aromatic heterocycles. The number of hydrazine groups is 1. The quantitative estimate of drug-likeness (QED) is 0.136. The van der Waals surface area contributed by atoms with E-state index in [9.17, 15) is 9.59 Å². The Balaban J connectivity index is 1.57. The number of alkyl halides is 1. The molecule has 33 heavy (non-hydrogen) atoms. The number of nitrogens with one attached hydrogen (secondary N) is 2. The van der Waals surface area contributed by atoms with Crippen LogP contribution in [-0.2, 0) is 9.53 Å². The Morgan fingerprint density at radius 3 is 2.30 bits per heavy atom. The first-order valence-electron chi connectivity index (χ1n) is 13.6. The van der Waals surface area contributed by atoms with Crippen molar-refractivity contribution in [2.75, 3.05) is 0 Å². The SMILES string of the molecule is CCCCCCC[C@H](SC(=O)OC1CC(Cl)NNC1C1CCCCC1)C(=O)C1CCCCC1. The Hall–Kier alpha value is -0.300. The van der Waals surface area contributed by atoms with Crippen LogP contribution in [0.5, 0.6) is 0 Å². The summed E-state index contributed by atoms with van der Waals surface area (Å²) in [5.74, 6) is 0.911. The van der Waals surface area contributed by atoms with Crippen LogP contribution in [-0.4, -0.2) is 34.0 Å². The highest BCUT2D eigenvalue weighted by Gasteiger charge is 2.39. The zero-order valence-electron chi connectivity index (χ0n) is 20.5. The van der Waals surface area contributed by atoms with Crippen LogP contribution < -0.4 is 10.9 Å². The average Bonchev–Trinajstić information content (AvgIpc) is 2.84. The van der Waals surface area contributed by atoms with E-state index in [1.807, 2.05) is 0 Å². The summed E-state index contributed by atoms with van der Waals surface area (Å²) in [4.78, 5) is 26.4. The van der Waals surface area contributed by atoms with Gasteiger partial charge in [-0.2, -0.15) is 0 Å². The number of ether oxygens (including phenoxy) is 1. The van der Waals surface area contributed by atoms with E-state index in [-0.39, 0.29) is 39.9 Å². The van der Waals surface area contributed by atoms with Crippen LogP contribution in [0.4, 0.5) is 4.79 Å². The molecule has 1 heterocycles. The lowest BCUT2D eigenvalue weighted by molar-refractivity contribution is -0.123. The molecule has 0 aromatic rings. The van der Waals surface area contributed by atoms with Crippen LogP contribution in [0.2, 0.25) is 0 Å². The van der Waals surface area contributed by atoms with E-state index in [1.54, 1.807) is 0 Å². The lowest BCUT2D eigenvalue weighted by Gasteiger charge is -2.40. The van der Waals surface area contributed by atoms with Gasteiger partial charge in [0.25, 0.3) is 0 Å². The highest BCUT2D eigenvalue weighted by atomic mass is 35.5. The molecule has 0 radical (unpaired) electrons. The maximum Gasteiger partial charge on any atom is 0.368 e. The van der Waals surface area contributed by atoms with Gasteiger partial charge in [-0.3, -0.25) is 4.79 Å². The number of hydrogen-bond donors (Lipinski definition) is 2. The normalized spacial score (nSPS) is 28.4. The molecule has 3 rings (SSSR count). The molecule has 3 unspecified atom stereocenters. The van der Waals surface area contributed by atoms with E-state index in [0.29, 0.717) is 12.3 Å². The van der Waals surface area contributed by atoms with Crippen LogP contribution in [0, 0.1) is 11.8 Å². The first kappa shape index (κ1) is 27.3. The van der Waals surface area contributed by atoms with E-state index in [0.717, 1.165) is 69.5 Å². The zero-order chi connectivity index (χ0) is 23.5. The van der Waals surface area contributed by atoms with Gasteiger partial charge in [-0.25, -0.2) is 15.6 Å². The first-order chi connectivity index (χ1) is 16.1. The predicted octanol–water partition coefficient (Wildman–Crippen LogP) is 7.12. The molecule has 2 N–H and O–H groups in total. The van der Waals surface area contributed by atoms with Crippen LogP contribution >= 0.6 is 23.4 Å². The van der Waals surface area contributed by atoms with E-state index in [4.69, 9.17) is 16.3 Å². The smallest absolute Gasteiger partial charge is 0.368 e. The van der Waals surface area contributed by atoms with Crippen molar-refractivity contribution in [2.24, 2.45) is 11.8 Å². The third kappa shape index (κ3) is 9.01. The molecule has 0 amide bonds. The minimum Gasteiger partial charge on any atom is -0.452 e. The van der Waals surface area contributed by atoms with Crippen molar-refractivity contribution in [3.8, 4) is 0 Å². The van der Waals surface area contributed by atoms with E-state index in [1.165, 1.54) is 44.9 Å². The molecule has 3 fully saturated rings. The lowest BCUT2D eigenvalue weighted by Crippen LogP contribution is -2.60. The Kier molecular flexibility index (Phi) is 12.4. The van der Waals surface area contributed by atoms with Gasteiger partial charge in [0.1, 0.15) is 11.9 Å². The molecule has 1 aliphatic heterocycles. The van der Waals surface area contributed by atoms with Crippen molar-refractivity contribution in [1.82, 2.24) is 10.9 Å². The first-order valence-corrected chi connectivity index (χ1v) is 15.0. The number of thioether (sulfide) groups is 1. The highest BCUT2D eigenvalue weighted by Crippen LogP contribution is 2.34. The van der Waals surface area contributed by atoms with Crippen molar-refractivity contribution in [1.29, 1.82) is 0 Å². The molecule has 2 aliphatic carbocycles.